The Bertz CT molecular complexity index is 599. The summed E-state index contributed by atoms with van der Waals surface area (Å²) in [6.45, 7) is 6.93. The van der Waals surface area contributed by atoms with Crippen LogP contribution in [0.25, 0.3) is 11.4 Å². The molecule has 5 heteroatoms. The predicted molar refractivity (Wildman–Crippen MR) is 85.3 cm³/mol. The summed E-state index contributed by atoms with van der Waals surface area (Å²) >= 11 is 0. The van der Waals surface area contributed by atoms with Crippen molar-refractivity contribution in [2.24, 2.45) is 11.7 Å². The highest BCUT2D eigenvalue weighted by Gasteiger charge is 2.22. The lowest BCUT2D eigenvalue weighted by atomic mass is 9.99. The Labute approximate surface area is 125 Å². The first-order valence-corrected chi connectivity index (χ1v) is 7.63. The maximum Gasteiger partial charge on any atom is 0.245 e. The van der Waals surface area contributed by atoms with Crippen molar-refractivity contribution < 1.29 is 0 Å². The van der Waals surface area contributed by atoms with Gasteiger partial charge in [0.1, 0.15) is 0 Å². The van der Waals surface area contributed by atoms with Crippen molar-refractivity contribution in [2.45, 2.75) is 26.7 Å². The highest BCUT2D eigenvalue weighted by atomic mass is 15.4. The molecule has 1 aliphatic rings. The summed E-state index contributed by atoms with van der Waals surface area (Å²) in [5, 5.41) is 7.52. The van der Waals surface area contributed by atoms with Crippen molar-refractivity contribution >= 4 is 5.95 Å². The van der Waals surface area contributed by atoms with Crippen LogP contribution in [0.2, 0.25) is 0 Å². The number of hydrogen-bond donors (Lipinski definition) is 2. The van der Waals surface area contributed by atoms with Gasteiger partial charge in [0.25, 0.3) is 0 Å². The first-order valence-electron chi connectivity index (χ1n) is 7.63. The Morgan fingerprint density at radius 3 is 2.81 bits per heavy atom. The summed E-state index contributed by atoms with van der Waals surface area (Å²) in [7, 11) is 0. The van der Waals surface area contributed by atoms with Crippen LogP contribution in [0.3, 0.4) is 0 Å². The first-order chi connectivity index (χ1) is 10.2. The van der Waals surface area contributed by atoms with Crippen molar-refractivity contribution in [1.82, 2.24) is 15.2 Å². The number of nitrogens with two attached hydrogens (primary N) is 1. The summed E-state index contributed by atoms with van der Waals surface area (Å²) in [6, 6.07) is 6.29. The number of piperidine rings is 1. The quantitative estimate of drug-likeness (QED) is 0.907. The van der Waals surface area contributed by atoms with Crippen LogP contribution in [0.4, 0.5) is 5.95 Å². The second kappa shape index (κ2) is 5.85. The van der Waals surface area contributed by atoms with E-state index in [1.54, 1.807) is 0 Å². The van der Waals surface area contributed by atoms with Crippen LogP contribution in [0, 0.1) is 19.8 Å². The van der Waals surface area contributed by atoms with Crippen LogP contribution in [-0.4, -0.2) is 34.8 Å². The van der Waals surface area contributed by atoms with E-state index in [0.29, 0.717) is 5.92 Å². The zero-order chi connectivity index (χ0) is 14.8. The molecule has 5 nitrogen and oxygen atoms in total. The number of H-pyrrole nitrogens is 1. The number of rotatable bonds is 3. The van der Waals surface area contributed by atoms with Crippen LogP contribution in [-0.2, 0) is 0 Å². The van der Waals surface area contributed by atoms with Crippen LogP contribution < -0.4 is 10.6 Å². The molecule has 2 aromatic rings. The fourth-order valence-electron chi connectivity index (χ4n) is 3.13. The molecule has 1 fully saturated rings. The van der Waals surface area contributed by atoms with E-state index in [1.165, 1.54) is 17.5 Å². The molecule has 1 aliphatic heterocycles. The Morgan fingerprint density at radius 2 is 2.10 bits per heavy atom. The normalized spacial score (nSPS) is 19.0. The minimum atomic E-state index is 0.556. The fourth-order valence-corrected chi connectivity index (χ4v) is 3.13. The van der Waals surface area contributed by atoms with Crippen molar-refractivity contribution in [3.63, 3.8) is 0 Å². The zero-order valence-electron chi connectivity index (χ0n) is 12.8. The summed E-state index contributed by atoms with van der Waals surface area (Å²) < 4.78 is 0. The molecule has 0 spiro atoms. The molecule has 1 atom stereocenters. The third kappa shape index (κ3) is 2.78. The number of anilines is 1. The minimum absolute atomic E-state index is 0.556. The molecule has 0 saturated carbocycles. The van der Waals surface area contributed by atoms with Crippen LogP contribution in [0.15, 0.2) is 18.2 Å². The molecule has 112 valence electrons. The minimum Gasteiger partial charge on any atom is -0.339 e. The molecule has 2 heterocycles. The van der Waals surface area contributed by atoms with Gasteiger partial charge in [-0.05, 0) is 50.3 Å². The van der Waals surface area contributed by atoms with Crippen molar-refractivity contribution in [3.8, 4) is 11.4 Å². The molecule has 3 N–H and O–H groups in total. The maximum absolute atomic E-state index is 5.80. The molecule has 0 aliphatic carbocycles. The Kier molecular flexibility index (Phi) is 3.92. The fraction of sp³-hybridized carbons (Fsp3) is 0.500. The smallest absolute Gasteiger partial charge is 0.245 e. The van der Waals surface area contributed by atoms with E-state index >= 15 is 0 Å². The van der Waals surface area contributed by atoms with Crippen LogP contribution in [0.5, 0.6) is 0 Å². The maximum atomic E-state index is 5.80. The second-order valence-corrected chi connectivity index (χ2v) is 5.94. The van der Waals surface area contributed by atoms with E-state index in [0.717, 1.165) is 43.4 Å². The molecule has 0 amide bonds. The van der Waals surface area contributed by atoms with Crippen molar-refractivity contribution in [1.29, 1.82) is 0 Å². The van der Waals surface area contributed by atoms with Gasteiger partial charge in [0, 0.05) is 18.7 Å². The van der Waals surface area contributed by atoms with Crippen molar-refractivity contribution in [3.05, 3.63) is 29.3 Å². The molecule has 1 saturated heterocycles. The Balaban J connectivity index is 1.86. The van der Waals surface area contributed by atoms with E-state index in [9.17, 15) is 0 Å². The first kappa shape index (κ1) is 14.1. The predicted octanol–water partition coefficient (Wildman–Crippen LogP) is 2.26. The lowest BCUT2D eigenvalue weighted by Crippen LogP contribution is -2.38. The Hall–Kier alpha value is -1.88. The molecule has 1 aromatic heterocycles. The van der Waals surface area contributed by atoms with Crippen LogP contribution in [0.1, 0.15) is 24.0 Å². The molecule has 0 bridgehead atoms. The molecular weight excluding hydrogens is 262 g/mol. The van der Waals surface area contributed by atoms with Gasteiger partial charge in [0.2, 0.25) is 5.95 Å². The third-order valence-electron chi connectivity index (χ3n) is 4.33. The summed E-state index contributed by atoms with van der Waals surface area (Å²) in [5.74, 6) is 2.21. The molecule has 1 aromatic carbocycles. The van der Waals surface area contributed by atoms with Gasteiger partial charge in [-0.2, -0.15) is 4.98 Å². The van der Waals surface area contributed by atoms with E-state index in [1.807, 2.05) is 0 Å². The third-order valence-corrected chi connectivity index (χ3v) is 4.33. The number of aromatic nitrogens is 3. The van der Waals surface area contributed by atoms with Gasteiger partial charge in [-0.1, -0.05) is 18.2 Å². The highest BCUT2D eigenvalue weighted by Crippen LogP contribution is 2.26. The summed E-state index contributed by atoms with van der Waals surface area (Å²) in [6.07, 6.45) is 2.37. The number of nitrogens with one attached hydrogen (secondary N) is 1. The second-order valence-electron chi connectivity index (χ2n) is 5.94. The van der Waals surface area contributed by atoms with Gasteiger partial charge in [0.05, 0.1) is 0 Å². The zero-order valence-corrected chi connectivity index (χ0v) is 12.8. The highest BCUT2D eigenvalue weighted by molar-refractivity contribution is 5.65. The molecule has 3 rings (SSSR count). The van der Waals surface area contributed by atoms with Crippen molar-refractivity contribution in [2.75, 3.05) is 24.5 Å². The number of aromatic amines is 1. The van der Waals surface area contributed by atoms with Gasteiger partial charge in [-0.3, -0.25) is 5.10 Å². The number of nitrogens with zero attached hydrogens (tertiary/aromatic N) is 3. The molecule has 21 heavy (non-hydrogen) atoms. The summed E-state index contributed by atoms with van der Waals surface area (Å²) in [5.41, 5.74) is 9.40. The number of aryl methyl sites for hydroxylation is 2. The van der Waals surface area contributed by atoms with E-state index in [2.05, 4.69) is 47.1 Å². The SMILES string of the molecule is Cc1cccc(C)c1-c1nc(N2CCCC(CN)C2)n[nH]1. The van der Waals surface area contributed by atoms with E-state index in [-0.39, 0.29) is 0 Å². The topological polar surface area (TPSA) is 70.8 Å². The average Bonchev–Trinajstić information content (AvgIpc) is 2.97. The average molecular weight is 285 g/mol. The van der Waals surface area contributed by atoms with Gasteiger partial charge in [0.15, 0.2) is 5.82 Å². The molecule has 0 radical (unpaired) electrons. The monoisotopic (exact) mass is 285 g/mol. The van der Waals surface area contributed by atoms with E-state index in [4.69, 9.17) is 10.7 Å². The standard InChI is InChI=1S/C16H23N5/c1-11-5-3-6-12(2)14(11)15-18-16(20-19-15)21-8-4-7-13(9-17)10-21/h3,5-6,13H,4,7-10,17H2,1-2H3,(H,18,19,20). The summed E-state index contributed by atoms with van der Waals surface area (Å²) in [4.78, 5) is 6.96. The number of benzene rings is 1. The van der Waals surface area contributed by atoms with Gasteiger partial charge in [-0.15, -0.1) is 5.10 Å². The molecule has 1 unspecified atom stereocenters. The lowest BCUT2D eigenvalue weighted by molar-refractivity contribution is 0.420. The van der Waals surface area contributed by atoms with Gasteiger partial charge < -0.3 is 10.6 Å². The van der Waals surface area contributed by atoms with Crippen LogP contribution >= 0.6 is 0 Å². The van der Waals surface area contributed by atoms with Gasteiger partial charge >= 0.3 is 0 Å². The lowest BCUT2D eigenvalue weighted by Gasteiger charge is -2.31. The Morgan fingerprint density at radius 1 is 1.33 bits per heavy atom. The molecular formula is C16H23N5. The van der Waals surface area contributed by atoms with Gasteiger partial charge in [-0.25, -0.2) is 0 Å². The number of hydrogen-bond acceptors (Lipinski definition) is 4. The van der Waals surface area contributed by atoms with E-state index < -0.39 is 0 Å². The largest absolute Gasteiger partial charge is 0.339 e.